The van der Waals surface area contributed by atoms with E-state index in [0.29, 0.717) is 0 Å². The van der Waals surface area contributed by atoms with Crippen molar-refractivity contribution in [2.45, 2.75) is 26.2 Å². The van der Waals surface area contributed by atoms with Gasteiger partial charge in [-0.05, 0) is 0 Å². The molecule has 0 aliphatic carbocycles. The first kappa shape index (κ1) is 11.5. The average molecular weight is 238 g/mol. The Morgan fingerprint density at radius 2 is 2.00 bits per heavy atom. The summed E-state index contributed by atoms with van der Waals surface area (Å²) in [6.07, 6.45) is 3.74. The SMILES string of the molecule is CCN=[P+]=NCCCCCBr. The Morgan fingerprint density at radius 3 is 2.64 bits per heavy atom. The van der Waals surface area contributed by atoms with Crippen LogP contribution in [-0.4, -0.2) is 18.4 Å². The Labute approximate surface area is 78.5 Å². The summed E-state index contributed by atoms with van der Waals surface area (Å²) in [5.74, 6) is 0. The maximum atomic E-state index is 4.22. The number of hydrogen-bond donors (Lipinski definition) is 0. The molecule has 64 valence electrons. The number of alkyl halides is 1. The molecule has 0 N–H and O–H groups in total. The zero-order valence-corrected chi connectivity index (χ0v) is 9.44. The second-order valence-electron chi connectivity index (χ2n) is 2.16. The Morgan fingerprint density at radius 1 is 1.18 bits per heavy atom. The molecule has 0 aromatic carbocycles. The molecule has 0 amide bonds. The van der Waals surface area contributed by atoms with Gasteiger partial charge in [-0.25, -0.2) is 0 Å². The van der Waals surface area contributed by atoms with Crippen molar-refractivity contribution in [2.75, 3.05) is 18.4 Å². The van der Waals surface area contributed by atoms with Crippen LogP contribution in [0.5, 0.6) is 0 Å². The zero-order valence-electron chi connectivity index (χ0n) is 6.96. The van der Waals surface area contributed by atoms with Gasteiger partial charge in [0.25, 0.3) is 0 Å². The summed E-state index contributed by atoms with van der Waals surface area (Å²) in [6, 6.07) is 0. The molecule has 0 aliphatic heterocycles. The normalized spacial score (nSPS) is 9.27. The van der Waals surface area contributed by atoms with Gasteiger partial charge >= 0.3 is 78.2 Å². The van der Waals surface area contributed by atoms with Crippen LogP contribution in [0.4, 0.5) is 0 Å². The monoisotopic (exact) mass is 237 g/mol. The Bertz CT molecular complexity index is 132. The van der Waals surface area contributed by atoms with E-state index in [1.165, 1.54) is 19.3 Å². The second-order valence-corrected chi connectivity index (χ2v) is 3.70. The van der Waals surface area contributed by atoms with Crippen LogP contribution >= 0.6 is 24.1 Å². The molecule has 0 bridgehead atoms. The van der Waals surface area contributed by atoms with Gasteiger partial charge in [0.15, 0.2) is 0 Å². The molecule has 4 heteroatoms. The number of unbranched alkanes of at least 4 members (excludes halogenated alkanes) is 2. The van der Waals surface area contributed by atoms with Crippen molar-refractivity contribution in [3.05, 3.63) is 0 Å². The summed E-state index contributed by atoms with van der Waals surface area (Å²) in [5, 5.41) is 1.12. The molecule has 0 aromatic heterocycles. The second kappa shape index (κ2) is 10.5. The fourth-order valence-electron chi connectivity index (χ4n) is 0.606. The molecule has 0 aliphatic rings. The molecule has 0 saturated carbocycles. The van der Waals surface area contributed by atoms with Crippen LogP contribution in [-0.2, 0) is 0 Å². The molecule has 0 radical (unpaired) electrons. The van der Waals surface area contributed by atoms with Crippen LogP contribution in [0.15, 0.2) is 9.49 Å². The van der Waals surface area contributed by atoms with E-state index in [4.69, 9.17) is 0 Å². The Hall–Kier alpha value is 0.510. The quantitative estimate of drug-likeness (QED) is 0.381. The third kappa shape index (κ3) is 10.5. The molecule has 0 heterocycles. The molecule has 0 aromatic rings. The van der Waals surface area contributed by atoms with Crippen LogP contribution in [0.1, 0.15) is 26.2 Å². The summed E-state index contributed by atoms with van der Waals surface area (Å²) < 4.78 is 8.31. The fourth-order valence-corrected chi connectivity index (χ4v) is 1.45. The van der Waals surface area contributed by atoms with E-state index < -0.39 is 0 Å². The van der Waals surface area contributed by atoms with Crippen LogP contribution < -0.4 is 0 Å². The van der Waals surface area contributed by atoms with Crippen molar-refractivity contribution in [1.29, 1.82) is 0 Å². The topological polar surface area (TPSA) is 24.7 Å². The van der Waals surface area contributed by atoms with E-state index in [9.17, 15) is 0 Å². The fraction of sp³-hybridized carbons (Fsp3) is 1.00. The van der Waals surface area contributed by atoms with Gasteiger partial charge in [0.1, 0.15) is 0 Å². The minimum absolute atomic E-state index is 0.881. The predicted octanol–water partition coefficient (Wildman–Crippen LogP) is 3.88. The molecule has 0 fully saturated rings. The number of halogens is 1. The number of rotatable bonds is 6. The van der Waals surface area contributed by atoms with Gasteiger partial charge in [-0.1, -0.05) is 0 Å². The average Bonchev–Trinajstić information content (AvgIpc) is 2.03. The van der Waals surface area contributed by atoms with Gasteiger partial charge in [0, 0.05) is 0 Å². The molecule has 11 heavy (non-hydrogen) atoms. The molecule has 0 rings (SSSR count). The zero-order chi connectivity index (χ0) is 8.36. The first-order valence-corrected chi connectivity index (χ1v) is 5.93. The van der Waals surface area contributed by atoms with E-state index in [1.807, 2.05) is 6.92 Å². The summed E-state index contributed by atoms with van der Waals surface area (Å²) in [6.45, 7) is 3.89. The van der Waals surface area contributed by atoms with E-state index in [0.717, 1.165) is 26.6 Å². The van der Waals surface area contributed by atoms with Gasteiger partial charge in [0.05, 0.1) is 0 Å². The van der Waals surface area contributed by atoms with Gasteiger partial charge in [-0.2, -0.15) is 0 Å². The van der Waals surface area contributed by atoms with Gasteiger partial charge in [-0.3, -0.25) is 0 Å². The first-order valence-electron chi connectivity index (χ1n) is 4.01. The summed E-state index contributed by atoms with van der Waals surface area (Å²) >= 11 is 3.39. The van der Waals surface area contributed by atoms with E-state index >= 15 is 0 Å². The van der Waals surface area contributed by atoms with Gasteiger partial charge in [-0.15, -0.1) is 0 Å². The van der Waals surface area contributed by atoms with Gasteiger partial charge < -0.3 is 0 Å². The number of nitrogens with zero attached hydrogens (tertiary/aromatic N) is 2. The Kier molecular flexibility index (Phi) is 11.0. The van der Waals surface area contributed by atoms with E-state index in [2.05, 4.69) is 25.4 Å². The van der Waals surface area contributed by atoms with Crippen LogP contribution in [0.3, 0.4) is 0 Å². The van der Waals surface area contributed by atoms with E-state index in [1.54, 1.807) is 0 Å². The predicted molar refractivity (Wildman–Crippen MR) is 54.8 cm³/mol. The molecule has 0 atom stereocenters. The summed E-state index contributed by atoms with van der Waals surface area (Å²) in [7, 11) is 0.916. The van der Waals surface area contributed by atoms with Crippen LogP contribution in [0, 0.1) is 0 Å². The molecular weight excluding hydrogens is 223 g/mol. The van der Waals surface area contributed by atoms with Crippen molar-refractivity contribution in [3.8, 4) is 0 Å². The summed E-state index contributed by atoms with van der Waals surface area (Å²) in [4.78, 5) is 0. The first-order chi connectivity index (χ1) is 5.41. The van der Waals surface area contributed by atoms with Crippen molar-refractivity contribution < 1.29 is 0 Å². The van der Waals surface area contributed by atoms with Crippen LogP contribution in [0.25, 0.3) is 0 Å². The van der Waals surface area contributed by atoms with Crippen molar-refractivity contribution in [1.82, 2.24) is 0 Å². The Balaban J connectivity index is 3.07. The molecule has 2 nitrogen and oxygen atoms in total. The standard InChI is InChI=1S/C7H15BrN2P/c1-2-9-11-10-7-5-3-4-6-8/h2-7H2,1H3/q+1. The molecular formula is C7H15BrN2P+. The number of hydrogen-bond acceptors (Lipinski definition) is 2. The molecule has 0 spiro atoms. The van der Waals surface area contributed by atoms with Crippen molar-refractivity contribution >= 4 is 24.1 Å². The minimum atomic E-state index is 0.881. The van der Waals surface area contributed by atoms with E-state index in [-0.39, 0.29) is 0 Å². The third-order valence-corrected chi connectivity index (χ3v) is 2.46. The molecule has 0 saturated heterocycles. The third-order valence-electron chi connectivity index (χ3n) is 1.16. The van der Waals surface area contributed by atoms with Crippen LogP contribution in [0.2, 0.25) is 0 Å². The maximum absolute atomic E-state index is 4.22. The van der Waals surface area contributed by atoms with Crippen molar-refractivity contribution in [3.63, 3.8) is 0 Å². The van der Waals surface area contributed by atoms with Gasteiger partial charge in [0.2, 0.25) is 0 Å². The summed E-state index contributed by atoms with van der Waals surface area (Å²) in [5.41, 5.74) is 0. The van der Waals surface area contributed by atoms with Crippen molar-refractivity contribution in [2.24, 2.45) is 9.49 Å². The molecule has 0 unspecified atom stereocenters.